The lowest BCUT2D eigenvalue weighted by atomic mass is 10.1. The molecule has 6 rings (SSSR count). The van der Waals surface area contributed by atoms with Crippen molar-refractivity contribution in [1.29, 1.82) is 0 Å². The summed E-state index contributed by atoms with van der Waals surface area (Å²) in [5, 5.41) is 17.7. The summed E-state index contributed by atoms with van der Waals surface area (Å²) in [7, 11) is -3.99. The highest BCUT2D eigenvalue weighted by molar-refractivity contribution is 7.55. The van der Waals surface area contributed by atoms with Crippen molar-refractivity contribution in [2.75, 3.05) is 60.0 Å². The molecule has 22 nitrogen and oxygen atoms in total. The van der Waals surface area contributed by atoms with E-state index in [1.165, 1.54) is 15.6 Å². The molecule has 0 bridgehead atoms. The molecular weight excluding hydrogens is 873 g/mol. The minimum absolute atomic E-state index is 0.0236. The Morgan fingerprint density at radius 1 is 1.03 bits per heavy atom. The van der Waals surface area contributed by atoms with Crippen LogP contribution in [0.25, 0.3) is 11.0 Å². The van der Waals surface area contributed by atoms with E-state index in [-0.39, 0.29) is 82.4 Å². The van der Waals surface area contributed by atoms with E-state index in [2.05, 4.69) is 55.5 Å². The van der Waals surface area contributed by atoms with E-state index in [0.29, 0.717) is 17.8 Å². The van der Waals surface area contributed by atoms with E-state index in [9.17, 15) is 9.36 Å². The van der Waals surface area contributed by atoms with Crippen LogP contribution in [-0.2, 0) is 64.8 Å². The number of rotatable bonds is 25. The summed E-state index contributed by atoms with van der Waals surface area (Å²) < 4.78 is 84.9. The van der Waals surface area contributed by atoms with Gasteiger partial charge in [-0.15, -0.1) is 5.10 Å². The van der Waals surface area contributed by atoms with Crippen LogP contribution < -0.4 is 10.1 Å². The summed E-state index contributed by atoms with van der Waals surface area (Å²) in [5.74, 6) is -0.739. The maximum atomic E-state index is 15.0. The van der Waals surface area contributed by atoms with Crippen LogP contribution >= 0.6 is 19.2 Å². The van der Waals surface area contributed by atoms with Gasteiger partial charge in [0.05, 0.1) is 52.4 Å². The fraction of sp³-hybridized carbons (Fsp3) is 0.811. The van der Waals surface area contributed by atoms with Crippen LogP contribution in [0.15, 0.2) is 6.20 Å². The molecule has 62 heavy (non-hydrogen) atoms. The standard InChI is InChI=1S/C37H61ClN9O13PSi/c1-9-55-61(49,56-10-2)37(22-51-16-15-50-5,23-53-21-28-43-44-45-46(28)24-52-17-18-62(6,7)8)54-20-27-29-30(60-36(3,4)59-29)33(57-27)47-31-26(19-39-47)32(42-34(38)41-31)58-35(48)40-25-13-11-12-14-25/h19,25,27,29-30,33H,9-18,20-24H2,1-8H3,(H,40,48)/t27-,29-,30-,33-,37-/m1/s1. The molecule has 3 aromatic heterocycles. The smallest absolute Gasteiger partial charge is 0.390 e. The fourth-order valence-electron chi connectivity index (χ4n) is 7.33. The van der Waals surface area contributed by atoms with Crippen molar-refractivity contribution in [3.05, 3.63) is 17.3 Å². The Bertz CT molecular complexity index is 1960. The number of tetrazole rings is 1. The number of nitrogens with one attached hydrogen (secondary N) is 1. The number of halogens is 1. The summed E-state index contributed by atoms with van der Waals surface area (Å²) in [6.45, 7) is 13.9. The summed E-state index contributed by atoms with van der Waals surface area (Å²) in [5.41, 5.74) is 0.225. The molecule has 3 fully saturated rings. The molecule has 1 N–H and O–H groups in total. The molecule has 348 valence electrons. The van der Waals surface area contributed by atoms with Crippen molar-refractivity contribution in [2.24, 2.45) is 0 Å². The number of carbonyl (C=O) groups is 1. The number of hydrogen-bond donors (Lipinski definition) is 1. The molecule has 1 amide bonds. The van der Waals surface area contributed by atoms with Gasteiger partial charge in [0, 0.05) is 27.8 Å². The zero-order valence-electron chi connectivity index (χ0n) is 36.8. The number of fused-ring (bicyclic) bond motifs is 2. The lowest BCUT2D eigenvalue weighted by Crippen LogP contribution is -2.47. The third-order valence-corrected chi connectivity index (χ3v) is 14.8. The molecule has 5 heterocycles. The number of aromatic nitrogens is 8. The van der Waals surface area contributed by atoms with Gasteiger partial charge in [-0.25, -0.2) is 14.2 Å². The van der Waals surface area contributed by atoms with Gasteiger partial charge in [0.1, 0.15) is 37.0 Å². The predicted octanol–water partition coefficient (Wildman–Crippen LogP) is 5.09. The lowest BCUT2D eigenvalue weighted by molar-refractivity contribution is -0.209. The van der Waals surface area contributed by atoms with Gasteiger partial charge in [-0.05, 0) is 68.6 Å². The Balaban J connectivity index is 1.25. The topological polar surface area (TPSA) is 235 Å². The molecule has 0 aromatic carbocycles. The lowest BCUT2D eigenvalue weighted by Gasteiger charge is -2.39. The second-order valence-electron chi connectivity index (χ2n) is 16.8. The molecule has 5 atom stereocenters. The molecular formula is C37H61ClN9O13PSi. The molecule has 0 spiro atoms. The van der Waals surface area contributed by atoms with E-state index in [4.69, 9.17) is 63.3 Å². The molecule has 1 saturated carbocycles. The van der Waals surface area contributed by atoms with Gasteiger partial charge in [0.2, 0.25) is 16.5 Å². The van der Waals surface area contributed by atoms with Gasteiger partial charge in [-0.1, -0.05) is 32.5 Å². The zero-order chi connectivity index (χ0) is 44.5. The SMILES string of the molecule is CCOP(=O)(OCC)[C@](COCCOC)(COCc1nnnn1COCC[Si](C)(C)C)OC[C@H]1O[C@@H](n2ncc3c(OC(=O)NC4CCCC4)nc(Cl)nc32)[C@@H]2OC(C)(C)O[C@@H]21. The highest BCUT2D eigenvalue weighted by Gasteiger charge is 2.59. The minimum Gasteiger partial charge on any atom is -0.390 e. The second kappa shape index (κ2) is 21.5. The average molecular weight is 934 g/mol. The van der Waals surface area contributed by atoms with E-state index in [1.54, 1.807) is 34.8 Å². The van der Waals surface area contributed by atoms with Crippen molar-refractivity contribution >= 4 is 44.4 Å². The molecule has 1 aliphatic carbocycles. The number of carbonyl (C=O) groups excluding carboxylic acids is 1. The van der Waals surface area contributed by atoms with E-state index >= 15 is 0 Å². The van der Waals surface area contributed by atoms with Gasteiger partial charge in [-0.3, -0.25) is 4.57 Å². The average Bonchev–Trinajstić information content (AvgIpc) is 4.05. The van der Waals surface area contributed by atoms with E-state index in [1.807, 2.05) is 0 Å². The molecule has 2 aliphatic heterocycles. The monoisotopic (exact) mass is 933 g/mol. The summed E-state index contributed by atoms with van der Waals surface area (Å²) in [4.78, 5) is 21.5. The predicted molar refractivity (Wildman–Crippen MR) is 223 cm³/mol. The van der Waals surface area contributed by atoms with E-state index in [0.717, 1.165) is 31.7 Å². The Morgan fingerprint density at radius 3 is 2.47 bits per heavy atom. The van der Waals surface area contributed by atoms with E-state index < -0.39 is 57.4 Å². The maximum absolute atomic E-state index is 15.0. The molecule has 2 saturated heterocycles. The first-order valence-corrected chi connectivity index (χ1v) is 26.6. The van der Waals surface area contributed by atoms with Crippen LogP contribution in [0.2, 0.25) is 31.0 Å². The number of hydrogen-bond acceptors (Lipinski definition) is 19. The van der Waals surface area contributed by atoms with Gasteiger partial charge in [0.15, 0.2) is 23.5 Å². The normalized spacial score (nSPS) is 22.7. The minimum atomic E-state index is -4.22. The summed E-state index contributed by atoms with van der Waals surface area (Å²) >= 11 is 6.39. The Morgan fingerprint density at radius 2 is 1.76 bits per heavy atom. The van der Waals surface area contributed by atoms with Crippen molar-refractivity contribution in [3.63, 3.8) is 0 Å². The Hall–Kier alpha value is -2.77. The van der Waals surface area contributed by atoms with Crippen molar-refractivity contribution in [1.82, 2.24) is 45.3 Å². The van der Waals surface area contributed by atoms with Gasteiger partial charge < -0.3 is 57.0 Å². The first-order valence-electron chi connectivity index (χ1n) is 21.0. The summed E-state index contributed by atoms with van der Waals surface area (Å²) in [6, 6.07) is 1.00. The van der Waals surface area contributed by atoms with Crippen LogP contribution in [0.3, 0.4) is 0 Å². The third kappa shape index (κ3) is 12.1. The number of methoxy groups -OCH3 is 1. The zero-order valence-corrected chi connectivity index (χ0v) is 39.4. The number of ether oxygens (including phenoxy) is 9. The Labute approximate surface area is 367 Å². The van der Waals surface area contributed by atoms with Crippen LogP contribution in [0.5, 0.6) is 5.88 Å². The van der Waals surface area contributed by atoms with Crippen molar-refractivity contribution in [3.8, 4) is 5.88 Å². The molecule has 3 aliphatic rings. The molecule has 0 radical (unpaired) electrons. The third-order valence-electron chi connectivity index (χ3n) is 10.4. The second-order valence-corrected chi connectivity index (χ2v) is 25.1. The maximum Gasteiger partial charge on any atom is 0.414 e. The first-order chi connectivity index (χ1) is 29.6. The molecule has 3 aromatic rings. The summed E-state index contributed by atoms with van der Waals surface area (Å²) in [6.07, 6.45) is 1.36. The molecule has 25 heteroatoms. The van der Waals surface area contributed by atoms with Crippen LogP contribution in [0.4, 0.5) is 4.79 Å². The van der Waals surface area contributed by atoms with Gasteiger partial charge in [0.25, 0.3) is 0 Å². The highest BCUT2D eigenvalue weighted by atomic mass is 35.5. The number of nitrogens with zero attached hydrogens (tertiary/aromatic N) is 8. The first kappa shape index (κ1) is 48.7. The van der Waals surface area contributed by atoms with Crippen molar-refractivity contribution in [2.45, 2.75) is 134 Å². The van der Waals surface area contributed by atoms with Gasteiger partial charge >= 0.3 is 13.7 Å². The number of amides is 1. The largest absolute Gasteiger partial charge is 0.414 e. The van der Waals surface area contributed by atoms with Gasteiger partial charge in [-0.2, -0.15) is 15.1 Å². The fourth-order valence-corrected chi connectivity index (χ4v) is 10.2. The highest BCUT2D eigenvalue weighted by Crippen LogP contribution is 2.61. The van der Waals surface area contributed by atoms with Crippen molar-refractivity contribution < 1.29 is 61.0 Å². The van der Waals surface area contributed by atoms with Crippen LogP contribution in [0, 0.1) is 0 Å². The van der Waals surface area contributed by atoms with Crippen LogP contribution in [-0.4, -0.2) is 150 Å². The molecule has 0 unspecified atom stereocenters. The Kier molecular flexibility index (Phi) is 16.9. The van der Waals surface area contributed by atoms with Crippen LogP contribution in [0.1, 0.15) is 65.4 Å². The quantitative estimate of drug-likeness (QED) is 0.0504.